The molecule has 0 spiro atoms. The molecular formula is C14H19N5O. The number of nitrogens with zero attached hydrogens (tertiary/aromatic N) is 3. The second-order valence-electron chi connectivity index (χ2n) is 4.89. The Hall–Kier alpha value is -2.21. The molecule has 0 bridgehead atoms. The molecule has 3 N–H and O–H groups in total. The van der Waals surface area contributed by atoms with Crippen LogP contribution in [0.1, 0.15) is 18.9 Å². The minimum Gasteiger partial charge on any atom is -0.330 e. The van der Waals surface area contributed by atoms with Crippen molar-refractivity contribution in [2.75, 3.05) is 11.9 Å². The van der Waals surface area contributed by atoms with Crippen molar-refractivity contribution in [2.45, 2.75) is 19.9 Å². The summed E-state index contributed by atoms with van der Waals surface area (Å²) in [5, 5.41) is 6.94. The number of amides is 1. The van der Waals surface area contributed by atoms with Crippen LogP contribution in [0.15, 0.2) is 36.9 Å². The first kappa shape index (κ1) is 14.2. The number of hydrogen-bond donors (Lipinski definition) is 2. The Balaban J connectivity index is 1.97. The van der Waals surface area contributed by atoms with Crippen LogP contribution >= 0.6 is 0 Å². The standard InChI is InChI=1S/C14H19N5O/c1-11(7-15)5-14(20)18-13-4-2-3-12(6-13)8-19-10-16-9-17-19/h2-4,6,9-11H,5,7-8,15H2,1H3,(H,18,20). The van der Waals surface area contributed by atoms with Crippen molar-refractivity contribution in [3.05, 3.63) is 42.5 Å². The van der Waals surface area contributed by atoms with Crippen molar-refractivity contribution in [2.24, 2.45) is 11.7 Å². The van der Waals surface area contributed by atoms with E-state index in [1.165, 1.54) is 6.33 Å². The zero-order valence-corrected chi connectivity index (χ0v) is 11.5. The van der Waals surface area contributed by atoms with Crippen LogP contribution in [0.2, 0.25) is 0 Å². The Kier molecular flexibility index (Phi) is 4.84. The number of rotatable bonds is 6. The molecule has 1 unspecified atom stereocenters. The normalized spacial score (nSPS) is 12.1. The lowest BCUT2D eigenvalue weighted by Gasteiger charge is -2.10. The highest BCUT2D eigenvalue weighted by molar-refractivity contribution is 5.90. The first-order chi connectivity index (χ1) is 9.67. The Morgan fingerprint density at radius 2 is 2.35 bits per heavy atom. The number of benzene rings is 1. The largest absolute Gasteiger partial charge is 0.330 e. The highest BCUT2D eigenvalue weighted by Crippen LogP contribution is 2.12. The number of hydrogen-bond acceptors (Lipinski definition) is 4. The van der Waals surface area contributed by atoms with E-state index in [4.69, 9.17) is 5.73 Å². The lowest BCUT2D eigenvalue weighted by Crippen LogP contribution is -2.20. The van der Waals surface area contributed by atoms with Crippen LogP contribution in [0, 0.1) is 5.92 Å². The molecule has 0 saturated carbocycles. The van der Waals surface area contributed by atoms with Crippen molar-refractivity contribution in [3.8, 4) is 0 Å². The molecule has 1 amide bonds. The monoisotopic (exact) mass is 273 g/mol. The summed E-state index contributed by atoms with van der Waals surface area (Å²) >= 11 is 0. The van der Waals surface area contributed by atoms with E-state index in [9.17, 15) is 4.79 Å². The van der Waals surface area contributed by atoms with Crippen LogP contribution in [0.5, 0.6) is 0 Å². The summed E-state index contributed by atoms with van der Waals surface area (Å²) in [7, 11) is 0. The molecule has 1 aromatic carbocycles. The van der Waals surface area contributed by atoms with Gasteiger partial charge in [0.2, 0.25) is 5.91 Å². The number of nitrogens with two attached hydrogens (primary N) is 1. The number of carbonyl (C=O) groups is 1. The van der Waals surface area contributed by atoms with Crippen molar-refractivity contribution in [1.29, 1.82) is 0 Å². The fourth-order valence-electron chi connectivity index (χ4n) is 1.86. The highest BCUT2D eigenvalue weighted by Gasteiger charge is 2.08. The Labute approximate surface area is 118 Å². The number of carbonyl (C=O) groups excluding carboxylic acids is 1. The van der Waals surface area contributed by atoms with Crippen molar-refractivity contribution in [1.82, 2.24) is 14.8 Å². The molecule has 0 aliphatic rings. The van der Waals surface area contributed by atoms with E-state index in [-0.39, 0.29) is 11.8 Å². The van der Waals surface area contributed by atoms with E-state index in [1.54, 1.807) is 11.0 Å². The van der Waals surface area contributed by atoms with E-state index in [0.29, 0.717) is 19.5 Å². The Morgan fingerprint density at radius 3 is 3.05 bits per heavy atom. The van der Waals surface area contributed by atoms with E-state index in [2.05, 4.69) is 15.4 Å². The maximum atomic E-state index is 11.8. The van der Waals surface area contributed by atoms with Crippen LogP contribution in [-0.2, 0) is 11.3 Å². The quantitative estimate of drug-likeness (QED) is 0.829. The highest BCUT2D eigenvalue weighted by atomic mass is 16.1. The number of anilines is 1. The van der Waals surface area contributed by atoms with Crippen LogP contribution in [0.4, 0.5) is 5.69 Å². The molecule has 0 saturated heterocycles. The molecule has 1 aromatic heterocycles. The average molecular weight is 273 g/mol. The third-order valence-corrected chi connectivity index (χ3v) is 2.96. The first-order valence-corrected chi connectivity index (χ1v) is 6.58. The predicted molar refractivity (Wildman–Crippen MR) is 77.0 cm³/mol. The van der Waals surface area contributed by atoms with E-state index < -0.39 is 0 Å². The molecule has 20 heavy (non-hydrogen) atoms. The molecule has 6 heteroatoms. The Morgan fingerprint density at radius 1 is 1.50 bits per heavy atom. The zero-order chi connectivity index (χ0) is 14.4. The summed E-state index contributed by atoms with van der Waals surface area (Å²) in [6.07, 6.45) is 3.60. The van der Waals surface area contributed by atoms with Crippen LogP contribution < -0.4 is 11.1 Å². The fourth-order valence-corrected chi connectivity index (χ4v) is 1.86. The van der Waals surface area contributed by atoms with Crippen molar-refractivity contribution in [3.63, 3.8) is 0 Å². The van der Waals surface area contributed by atoms with Gasteiger partial charge in [0.25, 0.3) is 0 Å². The third-order valence-electron chi connectivity index (χ3n) is 2.96. The fraction of sp³-hybridized carbons (Fsp3) is 0.357. The van der Waals surface area contributed by atoms with E-state index in [0.717, 1.165) is 11.3 Å². The molecule has 2 aromatic rings. The predicted octanol–water partition coefficient (Wildman–Crippen LogP) is 1.25. The molecule has 2 rings (SSSR count). The van der Waals surface area contributed by atoms with Gasteiger partial charge in [-0.05, 0) is 30.2 Å². The summed E-state index contributed by atoms with van der Waals surface area (Å²) < 4.78 is 1.73. The van der Waals surface area contributed by atoms with Crippen molar-refractivity contribution >= 4 is 11.6 Å². The van der Waals surface area contributed by atoms with E-state index in [1.807, 2.05) is 31.2 Å². The molecule has 0 aliphatic heterocycles. The van der Waals surface area contributed by atoms with Gasteiger partial charge in [0.1, 0.15) is 12.7 Å². The van der Waals surface area contributed by atoms with Crippen molar-refractivity contribution < 1.29 is 4.79 Å². The van der Waals surface area contributed by atoms with Gasteiger partial charge in [-0.3, -0.25) is 4.79 Å². The summed E-state index contributed by atoms with van der Waals surface area (Å²) in [5.41, 5.74) is 7.36. The van der Waals surface area contributed by atoms with E-state index >= 15 is 0 Å². The molecule has 1 atom stereocenters. The average Bonchev–Trinajstić information content (AvgIpc) is 2.91. The van der Waals surface area contributed by atoms with Gasteiger partial charge in [0.05, 0.1) is 6.54 Å². The molecular weight excluding hydrogens is 254 g/mol. The van der Waals surface area contributed by atoms with Crippen LogP contribution in [-0.4, -0.2) is 27.2 Å². The SMILES string of the molecule is CC(CN)CC(=O)Nc1cccc(Cn2cncn2)c1. The number of nitrogens with one attached hydrogen (secondary N) is 1. The molecule has 0 fully saturated rings. The topological polar surface area (TPSA) is 85.8 Å². The third kappa shape index (κ3) is 4.17. The molecule has 0 radical (unpaired) electrons. The minimum absolute atomic E-state index is 0.0131. The van der Waals surface area contributed by atoms with Crippen LogP contribution in [0.25, 0.3) is 0 Å². The van der Waals surface area contributed by atoms with Gasteiger partial charge >= 0.3 is 0 Å². The van der Waals surface area contributed by atoms with Gasteiger partial charge in [-0.25, -0.2) is 9.67 Å². The van der Waals surface area contributed by atoms with Gasteiger partial charge in [-0.15, -0.1) is 0 Å². The second kappa shape index (κ2) is 6.81. The van der Waals surface area contributed by atoms with Crippen LogP contribution in [0.3, 0.4) is 0 Å². The Bertz CT molecular complexity index is 552. The lowest BCUT2D eigenvalue weighted by molar-refractivity contribution is -0.116. The zero-order valence-electron chi connectivity index (χ0n) is 11.5. The lowest BCUT2D eigenvalue weighted by atomic mass is 10.1. The minimum atomic E-state index is -0.0131. The summed E-state index contributed by atoms with van der Waals surface area (Å²) in [6, 6.07) is 7.70. The van der Waals surface area contributed by atoms with Gasteiger partial charge < -0.3 is 11.1 Å². The summed E-state index contributed by atoms with van der Waals surface area (Å²) in [6.45, 7) is 3.10. The number of aromatic nitrogens is 3. The van der Waals surface area contributed by atoms with Gasteiger partial charge in [0, 0.05) is 12.1 Å². The second-order valence-corrected chi connectivity index (χ2v) is 4.89. The van der Waals surface area contributed by atoms with Gasteiger partial charge in [-0.2, -0.15) is 5.10 Å². The maximum absolute atomic E-state index is 11.8. The summed E-state index contributed by atoms with van der Waals surface area (Å²) in [5.74, 6) is 0.175. The molecule has 106 valence electrons. The van der Waals surface area contributed by atoms with Gasteiger partial charge in [0.15, 0.2) is 0 Å². The molecule has 1 heterocycles. The molecule has 6 nitrogen and oxygen atoms in total. The molecule has 0 aliphatic carbocycles. The smallest absolute Gasteiger partial charge is 0.224 e. The summed E-state index contributed by atoms with van der Waals surface area (Å²) in [4.78, 5) is 15.7. The first-order valence-electron chi connectivity index (χ1n) is 6.58. The maximum Gasteiger partial charge on any atom is 0.224 e. The van der Waals surface area contributed by atoms with Gasteiger partial charge in [-0.1, -0.05) is 19.1 Å².